The molecule has 8 nitrogen and oxygen atoms in total. The SMILES string of the molecule is COc1ccc(CCC(=O)N2CCC(N(CCn3ccnc3C)S(C)(=O)=O)CC2)cc1. The van der Waals surface area contributed by atoms with Gasteiger partial charge >= 0.3 is 0 Å². The summed E-state index contributed by atoms with van der Waals surface area (Å²) in [6, 6.07) is 7.67. The van der Waals surface area contributed by atoms with Crippen LogP contribution < -0.4 is 4.74 Å². The molecule has 1 aliphatic rings. The van der Waals surface area contributed by atoms with Crippen LogP contribution in [-0.4, -0.2) is 72.1 Å². The van der Waals surface area contributed by atoms with Crippen molar-refractivity contribution in [3.63, 3.8) is 0 Å². The van der Waals surface area contributed by atoms with Crippen molar-refractivity contribution < 1.29 is 17.9 Å². The van der Waals surface area contributed by atoms with Gasteiger partial charge in [0.25, 0.3) is 0 Å². The number of amides is 1. The molecule has 170 valence electrons. The molecule has 0 aliphatic carbocycles. The molecule has 1 aromatic carbocycles. The molecule has 3 rings (SSSR count). The van der Waals surface area contributed by atoms with Crippen LogP contribution in [0.5, 0.6) is 5.75 Å². The molecule has 0 atom stereocenters. The number of rotatable bonds is 9. The fraction of sp³-hybridized carbons (Fsp3) is 0.545. The normalized spacial score (nSPS) is 15.4. The molecule has 1 saturated heterocycles. The zero-order valence-electron chi connectivity index (χ0n) is 18.5. The first-order valence-electron chi connectivity index (χ1n) is 10.6. The van der Waals surface area contributed by atoms with Crippen LogP contribution in [0.2, 0.25) is 0 Å². The lowest BCUT2D eigenvalue weighted by molar-refractivity contribution is -0.132. The maximum Gasteiger partial charge on any atom is 0.222 e. The Morgan fingerprint density at radius 3 is 2.45 bits per heavy atom. The third kappa shape index (κ3) is 6.30. The number of carbonyl (C=O) groups excluding carboxylic acids is 1. The molecule has 0 unspecified atom stereocenters. The number of aryl methyl sites for hydroxylation is 2. The first kappa shape index (κ1) is 23.3. The average molecular weight is 449 g/mol. The van der Waals surface area contributed by atoms with Crippen molar-refractivity contribution >= 4 is 15.9 Å². The Kier molecular flexibility index (Phi) is 7.72. The van der Waals surface area contributed by atoms with Crippen molar-refractivity contribution in [2.75, 3.05) is 33.0 Å². The van der Waals surface area contributed by atoms with E-state index in [9.17, 15) is 13.2 Å². The summed E-state index contributed by atoms with van der Waals surface area (Å²) < 4.78 is 33.5. The summed E-state index contributed by atoms with van der Waals surface area (Å²) in [5.41, 5.74) is 1.10. The van der Waals surface area contributed by atoms with Gasteiger partial charge in [0.05, 0.1) is 13.4 Å². The standard InChI is InChI=1S/C22H32N4O4S/c1-18-23-12-15-24(18)16-17-26(31(3,28)29)20-10-13-25(14-11-20)22(27)9-6-19-4-7-21(30-2)8-5-19/h4-5,7-8,12,15,20H,6,9-11,13-14,16-17H2,1-3H3. The molecule has 2 aromatic rings. The van der Waals surface area contributed by atoms with E-state index in [1.54, 1.807) is 17.6 Å². The summed E-state index contributed by atoms with van der Waals surface area (Å²) in [5.74, 6) is 1.79. The van der Waals surface area contributed by atoms with Gasteiger partial charge in [-0.25, -0.2) is 13.4 Å². The van der Waals surface area contributed by atoms with E-state index in [2.05, 4.69) is 4.98 Å². The predicted molar refractivity (Wildman–Crippen MR) is 119 cm³/mol. The van der Waals surface area contributed by atoms with Crippen molar-refractivity contribution in [3.8, 4) is 5.75 Å². The van der Waals surface area contributed by atoms with Crippen molar-refractivity contribution in [1.82, 2.24) is 18.8 Å². The monoisotopic (exact) mass is 448 g/mol. The zero-order valence-corrected chi connectivity index (χ0v) is 19.3. The second-order valence-electron chi connectivity index (χ2n) is 8.00. The molecule has 0 spiro atoms. The fourth-order valence-electron chi connectivity index (χ4n) is 4.07. The van der Waals surface area contributed by atoms with Gasteiger partial charge in [-0.2, -0.15) is 4.31 Å². The highest BCUT2D eigenvalue weighted by atomic mass is 32.2. The molecule has 31 heavy (non-hydrogen) atoms. The second-order valence-corrected chi connectivity index (χ2v) is 9.94. The molecular weight excluding hydrogens is 416 g/mol. The van der Waals surface area contributed by atoms with Crippen LogP contribution in [0.3, 0.4) is 0 Å². The Morgan fingerprint density at radius 1 is 1.23 bits per heavy atom. The summed E-state index contributed by atoms with van der Waals surface area (Å²) in [4.78, 5) is 18.7. The van der Waals surface area contributed by atoms with Gasteiger partial charge in [0.1, 0.15) is 11.6 Å². The maximum absolute atomic E-state index is 12.6. The van der Waals surface area contributed by atoms with Gasteiger partial charge in [0, 0.05) is 51.0 Å². The highest BCUT2D eigenvalue weighted by molar-refractivity contribution is 7.88. The maximum atomic E-state index is 12.6. The predicted octanol–water partition coefficient (Wildman–Crippen LogP) is 2.09. The van der Waals surface area contributed by atoms with E-state index in [0.717, 1.165) is 17.1 Å². The van der Waals surface area contributed by atoms with Crippen molar-refractivity contribution in [2.45, 2.75) is 45.2 Å². The third-order valence-electron chi connectivity index (χ3n) is 5.92. The number of ether oxygens (including phenoxy) is 1. The van der Waals surface area contributed by atoms with E-state index in [0.29, 0.717) is 51.9 Å². The molecule has 2 heterocycles. The van der Waals surface area contributed by atoms with Gasteiger partial charge in [0.15, 0.2) is 0 Å². The number of piperidine rings is 1. The van der Waals surface area contributed by atoms with Crippen LogP contribution in [-0.2, 0) is 27.8 Å². The molecule has 9 heteroatoms. The number of hydrogen-bond acceptors (Lipinski definition) is 5. The van der Waals surface area contributed by atoms with Gasteiger partial charge in [-0.1, -0.05) is 12.1 Å². The topological polar surface area (TPSA) is 84.7 Å². The van der Waals surface area contributed by atoms with Gasteiger partial charge in [-0.05, 0) is 43.9 Å². The van der Waals surface area contributed by atoms with E-state index < -0.39 is 10.0 Å². The molecule has 0 radical (unpaired) electrons. The smallest absolute Gasteiger partial charge is 0.222 e. The number of methoxy groups -OCH3 is 1. The van der Waals surface area contributed by atoms with Crippen molar-refractivity contribution in [3.05, 3.63) is 48.0 Å². The average Bonchev–Trinajstić information content (AvgIpc) is 3.16. The van der Waals surface area contributed by atoms with E-state index >= 15 is 0 Å². The minimum absolute atomic E-state index is 0.0792. The number of benzene rings is 1. The fourth-order valence-corrected chi connectivity index (χ4v) is 5.24. The van der Waals surface area contributed by atoms with Crippen LogP contribution in [0.1, 0.15) is 30.7 Å². The zero-order chi connectivity index (χ0) is 22.4. The second kappa shape index (κ2) is 10.3. The first-order valence-corrected chi connectivity index (χ1v) is 12.5. The molecule has 1 fully saturated rings. The number of aromatic nitrogens is 2. The van der Waals surface area contributed by atoms with Crippen LogP contribution in [0, 0.1) is 6.92 Å². The van der Waals surface area contributed by atoms with Gasteiger partial charge in [0.2, 0.25) is 15.9 Å². The van der Waals surface area contributed by atoms with Crippen LogP contribution in [0.25, 0.3) is 0 Å². The first-order chi connectivity index (χ1) is 14.8. The Morgan fingerprint density at radius 2 is 1.90 bits per heavy atom. The molecule has 1 aromatic heterocycles. The highest BCUT2D eigenvalue weighted by Gasteiger charge is 2.31. The van der Waals surface area contributed by atoms with Crippen molar-refractivity contribution in [1.29, 1.82) is 0 Å². The highest BCUT2D eigenvalue weighted by Crippen LogP contribution is 2.21. The van der Waals surface area contributed by atoms with Crippen molar-refractivity contribution in [2.24, 2.45) is 0 Å². The van der Waals surface area contributed by atoms with Gasteiger partial charge in [-0.3, -0.25) is 4.79 Å². The molecule has 1 aliphatic heterocycles. The molecular formula is C22H32N4O4S. The van der Waals surface area contributed by atoms with Gasteiger partial charge in [-0.15, -0.1) is 0 Å². The van der Waals surface area contributed by atoms with E-state index in [1.807, 2.05) is 46.9 Å². The number of nitrogens with zero attached hydrogens (tertiary/aromatic N) is 4. The van der Waals surface area contributed by atoms with E-state index in [1.165, 1.54) is 6.26 Å². The molecule has 0 saturated carbocycles. The van der Waals surface area contributed by atoms with Crippen LogP contribution in [0.4, 0.5) is 0 Å². The quantitative estimate of drug-likeness (QED) is 0.586. The summed E-state index contributed by atoms with van der Waals surface area (Å²) >= 11 is 0. The lowest BCUT2D eigenvalue weighted by Crippen LogP contribution is -2.49. The summed E-state index contributed by atoms with van der Waals surface area (Å²) in [6.07, 6.45) is 7.29. The summed E-state index contributed by atoms with van der Waals surface area (Å²) in [7, 11) is -1.70. The number of hydrogen-bond donors (Lipinski definition) is 0. The van der Waals surface area contributed by atoms with E-state index in [4.69, 9.17) is 4.74 Å². The number of sulfonamides is 1. The minimum atomic E-state index is -3.33. The van der Waals surface area contributed by atoms with Crippen LogP contribution >= 0.6 is 0 Å². The number of carbonyl (C=O) groups is 1. The Labute approximate surface area is 184 Å². The Balaban J connectivity index is 1.51. The Hall–Kier alpha value is -2.39. The third-order valence-corrected chi connectivity index (χ3v) is 7.25. The summed E-state index contributed by atoms with van der Waals surface area (Å²) in [5, 5.41) is 0. The lowest BCUT2D eigenvalue weighted by atomic mass is 10.0. The van der Waals surface area contributed by atoms with Crippen LogP contribution in [0.15, 0.2) is 36.7 Å². The van der Waals surface area contributed by atoms with Gasteiger partial charge < -0.3 is 14.2 Å². The molecule has 0 bridgehead atoms. The molecule has 1 amide bonds. The summed E-state index contributed by atoms with van der Waals surface area (Å²) in [6.45, 7) is 4.05. The minimum Gasteiger partial charge on any atom is -0.497 e. The Bertz CT molecular complexity index is 964. The number of likely N-dealkylation sites (tertiary alicyclic amines) is 1. The van der Waals surface area contributed by atoms with E-state index in [-0.39, 0.29) is 11.9 Å². The lowest BCUT2D eigenvalue weighted by Gasteiger charge is -2.37. The molecule has 0 N–H and O–H groups in total. The number of imidazole rings is 1. The largest absolute Gasteiger partial charge is 0.497 e.